The second-order valence-corrected chi connectivity index (χ2v) is 3.89. The number of carbonyl (C=O) groups excluding carboxylic acids is 1. The van der Waals surface area contributed by atoms with Crippen LogP contribution < -0.4 is 10.6 Å². The number of hydrogen-bond donors (Lipinski definition) is 2. The molecule has 0 aliphatic rings. The van der Waals surface area contributed by atoms with Gasteiger partial charge in [-0.15, -0.1) is 0 Å². The van der Waals surface area contributed by atoms with E-state index in [4.69, 9.17) is 0 Å². The Labute approximate surface area is 105 Å². The Balaban J connectivity index is 2.65. The van der Waals surface area contributed by atoms with E-state index >= 15 is 0 Å². The minimum atomic E-state index is -4.53. The summed E-state index contributed by atoms with van der Waals surface area (Å²) in [5.41, 5.74) is -0.361. The van der Waals surface area contributed by atoms with Crippen LogP contribution in [-0.2, 0) is 5.92 Å². The fourth-order valence-electron chi connectivity index (χ4n) is 1.23. The molecule has 2 N–H and O–H groups in total. The average molecular weight is 282 g/mol. The van der Waals surface area contributed by atoms with Crippen LogP contribution in [0.4, 0.5) is 32.4 Å². The fourth-order valence-corrected chi connectivity index (χ4v) is 1.23. The zero-order valence-corrected chi connectivity index (χ0v) is 9.81. The summed E-state index contributed by atoms with van der Waals surface area (Å²) in [5.74, 6) is -3.10. The number of rotatable bonds is 3. The summed E-state index contributed by atoms with van der Waals surface area (Å²) in [6.07, 6.45) is -4.53. The number of anilines is 1. The van der Waals surface area contributed by atoms with Crippen LogP contribution in [0.15, 0.2) is 24.3 Å². The van der Waals surface area contributed by atoms with Crippen molar-refractivity contribution >= 4 is 11.7 Å². The molecule has 0 unspecified atom stereocenters. The van der Waals surface area contributed by atoms with E-state index in [0.29, 0.717) is 6.92 Å². The van der Waals surface area contributed by atoms with Crippen LogP contribution >= 0.6 is 0 Å². The van der Waals surface area contributed by atoms with Crippen molar-refractivity contribution in [2.24, 2.45) is 0 Å². The summed E-state index contributed by atoms with van der Waals surface area (Å²) < 4.78 is 61.5. The molecule has 0 aliphatic heterocycles. The minimum absolute atomic E-state index is 0.0151. The van der Waals surface area contributed by atoms with E-state index in [2.05, 4.69) is 0 Å². The van der Waals surface area contributed by atoms with E-state index in [-0.39, 0.29) is 11.3 Å². The topological polar surface area (TPSA) is 41.1 Å². The van der Waals surface area contributed by atoms with Crippen molar-refractivity contribution in [2.75, 3.05) is 11.9 Å². The van der Waals surface area contributed by atoms with Crippen molar-refractivity contribution in [3.8, 4) is 0 Å². The summed E-state index contributed by atoms with van der Waals surface area (Å²) >= 11 is 0. The number of carbonyl (C=O) groups is 1. The molecule has 0 saturated heterocycles. The van der Waals surface area contributed by atoms with Gasteiger partial charge in [-0.05, 0) is 12.1 Å². The van der Waals surface area contributed by atoms with Crippen molar-refractivity contribution in [1.29, 1.82) is 0 Å². The molecule has 0 spiro atoms. The first-order valence-corrected chi connectivity index (χ1v) is 5.18. The first kappa shape index (κ1) is 15.2. The van der Waals surface area contributed by atoms with Crippen LogP contribution in [0.3, 0.4) is 0 Å². The maximum absolute atomic E-state index is 13.0. The van der Waals surface area contributed by atoms with Crippen LogP contribution in [0.1, 0.15) is 12.5 Å². The Morgan fingerprint density at radius 1 is 1.21 bits per heavy atom. The van der Waals surface area contributed by atoms with Crippen LogP contribution in [0.25, 0.3) is 0 Å². The molecule has 0 aromatic heterocycles. The molecule has 1 rings (SSSR count). The number of hydrogen-bond acceptors (Lipinski definition) is 1. The number of alkyl halides is 5. The molecule has 0 saturated carbocycles. The predicted molar refractivity (Wildman–Crippen MR) is 59.1 cm³/mol. The lowest BCUT2D eigenvalue weighted by Crippen LogP contribution is -2.36. The zero-order valence-electron chi connectivity index (χ0n) is 9.81. The molecule has 19 heavy (non-hydrogen) atoms. The molecular weight excluding hydrogens is 271 g/mol. The lowest BCUT2D eigenvalue weighted by molar-refractivity contribution is -0.122. The Morgan fingerprint density at radius 2 is 1.84 bits per heavy atom. The molecular formula is C11H11F5N2O. The molecule has 2 amide bonds. The van der Waals surface area contributed by atoms with Crippen LogP contribution in [0.5, 0.6) is 0 Å². The largest absolute Gasteiger partial charge is 0.405 e. The van der Waals surface area contributed by atoms with Gasteiger partial charge in [0.2, 0.25) is 0 Å². The second kappa shape index (κ2) is 5.41. The van der Waals surface area contributed by atoms with E-state index < -0.39 is 24.7 Å². The predicted octanol–water partition coefficient (Wildman–Crippen LogP) is 3.48. The number of amides is 2. The van der Waals surface area contributed by atoms with Crippen LogP contribution in [0.2, 0.25) is 0 Å². The number of nitrogens with one attached hydrogen (secondary N) is 2. The van der Waals surface area contributed by atoms with E-state index in [0.717, 1.165) is 12.1 Å². The third-order valence-corrected chi connectivity index (χ3v) is 2.08. The molecule has 0 radical (unpaired) electrons. The normalized spacial score (nSPS) is 12.1. The Morgan fingerprint density at radius 3 is 2.37 bits per heavy atom. The van der Waals surface area contributed by atoms with Gasteiger partial charge in [0, 0.05) is 18.2 Å². The monoisotopic (exact) mass is 282 g/mol. The molecule has 0 bridgehead atoms. The summed E-state index contributed by atoms with van der Waals surface area (Å²) in [5, 5.41) is 3.61. The maximum atomic E-state index is 13.0. The van der Waals surface area contributed by atoms with E-state index in [1.807, 2.05) is 5.32 Å². The standard InChI is InChI=1S/C11H11F5N2O/c1-10(12,13)7-3-2-4-8(5-7)18-9(19)17-6-11(14,15)16/h2-5H,6H2,1H3,(H2,17,18,19). The quantitative estimate of drug-likeness (QED) is 0.819. The minimum Gasteiger partial charge on any atom is -0.329 e. The SMILES string of the molecule is CC(F)(F)c1cccc(NC(=O)NCC(F)(F)F)c1. The van der Waals surface area contributed by atoms with Gasteiger partial charge in [0.05, 0.1) is 0 Å². The first-order valence-electron chi connectivity index (χ1n) is 5.18. The summed E-state index contributed by atoms with van der Waals surface area (Å²) in [6, 6.07) is 3.59. The van der Waals surface area contributed by atoms with Gasteiger partial charge >= 0.3 is 12.2 Å². The van der Waals surface area contributed by atoms with Gasteiger partial charge in [0.1, 0.15) is 6.54 Å². The van der Waals surface area contributed by atoms with Gasteiger partial charge in [0.25, 0.3) is 5.92 Å². The molecule has 0 heterocycles. The van der Waals surface area contributed by atoms with Gasteiger partial charge in [0.15, 0.2) is 0 Å². The summed E-state index contributed by atoms with van der Waals surface area (Å²) in [6.45, 7) is -0.821. The molecule has 1 aromatic carbocycles. The lowest BCUT2D eigenvalue weighted by Gasteiger charge is -2.13. The Hall–Kier alpha value is -1.86. The fraction of sp³-hybridized carbons (Fsp3) is 0.364. The smallest absolute Gasteiger partial charge is 0.329 e. The summed E-state index contributed by atoms with van der Waals surface area (Å²) in [4.78, 5) is 11.1. The van der Waals surface area contributed by atoms with E-state index in [9.17, 15) is 26.7 Å². The van der Waals surface area contributed by atoms with Gasteiger partial charge in [-0.2, -0.15) is 13.2 Å². The Bertz CT molecular complexity index is 453. The van der Waals surface area contributed by atoms with Gasteiger partial charge in [-0.3, -0.25) is 0 Å². The zero-order chi connectivity index (χ0) is 14.7. The van der Waals surface area contributed by atoms with Crippen LogP contribution in [-0.4, -0.2) is 18.8 Å². The first-order chi connectivity index (χ1) is 8.58. The highest BCUT2D eigenvalue weighted by Crippen LogP contribution is 2.28. The summed E-state index contributed by atoms with van der Waals surface area (Å²) in [7, 11) is 0. The molecule has 3 nitrogen and oxygen atoms in total. The number of halogens is 5. The Kier molecular flexibility index (Phi) is 4.33. The van der Waals surface area contributed by atoms with Gasteiger partial charge < -0.3 is 10.6 Å². The second-order valence-electron chi connectivity index (χ2n) is 3.89. The average Bonchev–Trinajstić information content (AvgIpc) is 2.25. The van der Waals surface area contributed by atoms with Crippen molar-refractivity contribution in [3.63, 3.8) is 0 Å². The molecule has 0 atom stereocenters. The molecule has 1 aromatic rings. The highest BCUT2D eigenvalue weighted by molar-refractivity contribution is 5.89. The van der Waals surface area contributed by atoms with E-state index in [1.165, 1.54) is 12.1 Å². The van der Waals surface area contributed by atoms with Gasteiger partial charge in [-0.25, -0.2) is 13.6 Å². The van der Waals surface area contributed by atoms with E-state index in [1.54, 1.807) is 5.32 Å². The van der Waals surface area contributed by atoms with Crippen molar-refractivity contribution in [2.45, 2.75) is 19.0 Å². The van der Waals surface area contributed by atoms with Crippen molar-refractivity contribution < 1.29 is 26.7 Å². The molecule has 106 valence electrons. The molecule has 0 fully saturated rings. The third kappa shape index (κ3) is 5.54. The number of benzene rings is 1. The third-order valence-electron chi connectivity index (χ3n) is 2.08. The van der Waals surface area contributed by atoms with Crippen molar-refractivity contribution in [1.82, 2.24) is 5.32 Å². The highest BCUT2D eigenvalue weighted by atomic mass is 19.4. The highest BCUT2D eigenvalue weighted by Gasteiger charge is 2.28. The van der Waals surface area contributed by atoms with Crippen molar-refractivity contribution in [3.05, 3.63) is 29.8 Å². The maximum Gasteiger partial charge on any atom is 0.405 e. The number of urea groups is 1. The van der Waals surface area contributed by atoms with Crippen LogP contribution in [0, 0.1) is 0 Å². The molecule has 0 aliphatic carbocycles. The van der Waals surface area contributed by atoms with Gasteiger partial charge in [-0.1, -0.05) is 12.1 Å². The lowest BCUT2D eigenvalue weighted by atomic mass is 10.1. The molecule has 8 heteroatoms.